The number of rotatable bonds is 3. The van der Waals surface area contributed by atoms with Crippen molar-refractivity contribution in [1.29, 1.82) is 0 Å². The fourth-order valence-corrected chi connectivity index (χ4v) is 2.36. The van der Waals surface area contributed by atoms with Gasteiger partial charge in [0.2, 0.25) is 0 Å². The fourth-order valence-electron chi connectivity index (χ4n) is 0.975. The van der Waals surface area contributed by atoms with Gasteiger partial charge in [-0.05, 0) is 13.0 Å². The maximum Gasteiger partial charge on any atom is 0.402 e. The third kappa shape index (κ3) is 3.71. The molecule has 86 valence electrons. The highest BCUT2D eigenvalue weighted by Crippen LogP contribution is 2.31. The maximum absolute atomic E-state index is 12.2. The lowest BCUT2D eigenvalue weighted by Crippen LogP contribution is -2.24. The second-order valence-corrected chi connectivity index (χ2v) is 5.21. The summed E-state index contributed by atoms with van der Waals surface area (Å²) >= 11 is 3.75. The van der Waals surface area contributed by atoms with E-state index >= 15 is 0 Å². The lowest BCUT2D eigenvalue weighted by atomic mass is 10.5. The number of nitrogens with zero attached hydrogens (tertiary/aromatic N) is 2. The van der Waals surface area contributed by atoms with Crippen molar-refractivity contribution in [3.63, 3.8) is 0 Å². The molecule has 15 heavy (non-hydrogen) atoms. The van der Waals surface area contributed by atoms with E-state index in [0.29, 0.717) is 0 Å². The van der Waals surface area contributed by atoms with E-state index in [1.54, 1.807) is 24.7 Å². The quantitative estimate of drug-likeness (QED) is 0.630. The molecule has 0 aliphatic rings. The number of halogens is 4. The predicted octanol–water partition coefficient (Wildman–Crippen LogP) is 3.15. The molecule has 0 saturated carbocycles. The summed E-state index contributed by atoms with van der Waals surface area (Å²) < 4.78 is 38.1. The molecule has 0 amide bonds. The third-order valence-electron chi connectivity index (χ3n) is 1.69. The first-order valence-corrected chi connectivity index (χ1v) is 6.05. The van der Waals surface area contributed by atoms with Crippen LogP contribution in [0.4, 0.5) is 13.2 Å². The highest BCUT2D eigenvalue weighted by molar-refractivity contribution is 9.09. The molecule has 0 N–H and O–H groups in total. The van der Waals surface area contributed by atoms with Crippen molar-refractivity contribution in [2.45, 2.75) is 23.0 Å². The van der Waals surface area contributed by atoms with Crippen LogP contribution in [0.3, 0.4) is 0 Å². The van der Waals surface area contributed by atoms with Gasteiger partial charge in [-0.2, -0.15) is 18.3 Å². The first-order valence-electron chi connectivity index (χ1n) is 4.15. The van der Waals surface area contributed by atoms with Crippen LogP contribution in [0.2, 0.25) is 0 Å². The van der Waals surface area contributed by atoms with Crippen LogP contribution in [0.1, 0.15) is 5.69 Å². The molecule has 1 aromatic heterocycles. The van der Waals surface area contributed by atoms with Crippen molar-refractivity contribution in [1.82, 2.24) is 9.78 Å². The normalized spacial score (nSPS) is 14.3. The largest absolute Gasteiger partial charge is 0.402 e. The van der Waals surface area contributed by atoms with Crippen molar-refractivity contribution in [2.75, 3.05) is 5.75 Å². The molecule has 2 nitrogen and oxygen atoms in total. The average Bonchev–Trinajstić information content (AvgIpc) is 2.39. The van der Waals surface area contributed by atoms with Crippen LogP contribution in [0.5, 0.6) is 0 Å². The number of aryl methyl sites for hydroxylation is 2. The van der Waals surface area contributed by atoms with Crippen LogP contribution >= 0.6 is 27.7 Å². The van der Waals surface area contributed by atoms with Crippen molar-refractivity contribution >= 4 is 27.7 Å². The molecule has 0 bridgehead atoms. The Morgan fingerprint density at radius 3 is 2.60 bits per heavy atom. The second-order valence-electron chi connectivity index (χ2n) is 3.07. The molecule has 0 saturated heterocycles. The van der Waals surface area contributed by atoms with E-state index in [1.807, 2.05) is 0 Å². The molecule has 1 atom stereocenters. The van der Waals surface area contributed by atoms with Crippen LogP contribution in [0.25, 0.3) is 0 Å². The standard InChI is InChI=1S/C8H10BrF3N2S/c1-5-3-7(14(2)13-5)15-4-6(9)8(10,11)12/h3,6H,4H2,1-2H3. The van der Waals surface area contributed by atoms with Crippen molar-refractivity contribution < 1.29 is 13.2 Å². The van der Waals surface area contributed by atoms with Gasteiger partial charge in [-0.3, -0.25) is 4.68 Å². The lowest BCUT2D eigenvalue weighted by Gasteiger charge is -2.12. The van der Waals surface area contributed by atoms with Gasteiger partial charge in [-0.25, -0.2) is 0 Å². The van der Waals surface area contributed by atoms with E-state index in [4.69, 9.17) is 0 Å². The third-order valence-corrected chi connectivity index (χ3v) is 4.14. The summed E-state index contributed by atoms with van der Waals surface area (Å²) in [4.78, 5) is -1.48. The minimum atomic E-state index is -4.19. The summed E-state index contributed by atoms with van der Waals surface area (Å²) in [5.41, 5.74) is 0.804. The van der Waals surface area contributed by atoms with Gasteiger partial charge in [0, 0.05) is 12.8 Å². The zero-order chi connectivity index (χ0) is 11.6. The van der Waals surface area contributed by atoms with Gasteiger partial charge in [0.05, 0.1) is 10.7 Å². The minimum absolute atomic E-state index is 0.0531. The Labute approximate surface area is 98.4 Å². The Hall–Kier alpha value is -0.170. The molecular weight excluding hydrogens is 293 g/mol. The number of hydrogen-bond acceptors (Lipinski definition) is 2. The smallest absolute Gasteiger partial charge is 0.262 e. The van der Waals surface area contributed by atoms with Gasteiger partial charge in [0.1, 0.15) is 4.83 Å². The second kappa shape index (κ2) is 4.78. The van der Waals surface area contributed by atoms with Crippen molar-refractivity contribution in [3.8, 4) is 0 Å². The summed E-state index contributed by atoms with van der Waals surface area (Å²) in [5.74, 6) is -0.0531. The predicted molar refractivity (Wildman–Crippen MR) is 57.4 cm³/mol. The molecule has 0 spiro atoms. The zero-order valence-electron chi connectivity index (χ0n) is 8.18. The van der Waals surface area contributed by atoms with Crippen LogP contribution in [-0.2, 0) is 7.05 Å². The minimum Gasteiger partial charge on any atom is -0.262 e. The van der Waals surface area contributed by atoms with Crippen LogP contribution < -0.4 is 0 Å². The summed E-state index contributed by atoms with van der Waals surface area (Å²) in [6.07, 6.45) is -4.19. The Bertz CT molecular complexity index is 337. The van der Waals surface area contributed by atoms with Crippen molar-refractivity contribution in [2.24, 2.45) is 7.05 Å². The highest BCUT2D eigenvalue weighted by Gasteiger charge is 2.37. The summed E-state index contributed by atoms with van der Waals surface area (Å²) in [6, 6.07) is 1.76. The molecule has 7 heteroatoms. The van der Waals surface area contributed by atoms with E-state index in [2.05, 4.69) is 21.0 Å². The highest BCUT2D eigenvalue weighted by atomic mass is 79.9. The first-order chi connectivity index (χ1) is 6.80. The maximum atomic E-state index is 12.2. The van der Waals surface area contributed by atoms with Gasteiger partial charge in [0.15, 0.2) is 0 Å². The van der Waals surface area contributed by atoms with E-state index in [9.17, 15) is 13.2 Å². The molecule has 1 heterocycles. The van der Waals surface area contributed by atoms with Crippen LogP contribution in [0.15, 0.2) is 11.1 Å². The molecule has 0 radical (unpaired) electrons. The molecule has 0 aromatic carbocycles. The topological polar surface area (TPSA) is 17.8 Å². The Morgan fingerprint density at radius 2 is 2.20 bits per heavy atom. The van der Waals surface area contributed by atoms with E-state index in [1.165, 1.54) is 0 Å². The van der Waals surface area contributed by atoms with Crippen LogP contribution in [-0.4, -0.2) is 26.5 Å². The Balaban J connectivity index is 2.54. The Morgan fingerprint density at radius 1 is 1.60 bits per heavy atom. The SMILES string of the molecule is Cc1cc(SCC(Br)C(F)(F)F)n(C)n1. The zero-order valence-corrected chi connectivity index (χ0v) is 10.6. The number of hydrogen-bond donors (Lipinski definition) is 0. The molecule has 0 aliphatic heterocycles. The van der Waals surface area contributed by atoms with Gasteiger partial charge >= 0.3 is 6.18 Å². The molecule has 0 fully saturated rings. The summed E-state index contributed by atoms with van der Waals surface area (Å²) in [7, 11) is 1.71. The van der Waals surface area contributed by atoms with Crippen LogP contribution in [0, 0.1) is 6.92 Å². The number of alkyl halides is 4. The van der Waals surface area contributed by atoms with Crippen molar-refractivity contribution in [3.05, 3.63) is 11.8 Å². The van der Waals surface area contributed by atoms with Gasteiger partial charge < -0.3 is 0 Å². The molecule has 1 rings (SSSR count). The Kier molecular flexibility index (Phi) is 4.11. The number of thioether (sulfide) groups is 1. The molecule has 1 unspecified atom stereocenters. The van der Waals surface area contributed by atoms with E-state index < -0.39 is 11.0 Å². The fraction of sp³-hybridized carbons (Fsp3) is 0.625. The van der Waals surface area contributed by atoms with E-state index in [0.717, 1.165) is 22.5 Å². The van der Waals surface area contributed by atoms with Gasteiger partial charge in [0.25, 0.3) is 0 Å². The van der Waals surface area contributed by atoms with Gasteiger partial charge in [-0.15, -0.1) is 11.8 Å². The molecular formula is C8H10BrF3N2S. The first kappa shape index (κ1) is 12.9. The summed E-state index contributed by atoms with van der Waals surface area (Å²) in [6.45, 7) is 1.80. The summed E-state index contributed by atoms with van der Waals surface area (Å²) in [5, 5.41) is 4.79. The van der Waals surface area contributed by atoms with E-state index in [-0.39, 0.29) is 5.75 Å². The monoisotopic (exact) mass is 302 g/mol. The number of aromatic nitrogens is 2. The molecule has 1 aromatic rings. The average molecular weight is 303 g/mol. The lowest BCUT2D eigenvalue weighted by molar-refractivity contribution is -0.122. The molecule has 0 aliphatic carbocycles. The van der Waals surface area contributed by atoms with Gasteiger partial charge in [-0.1, -0.05) is 15.9 Å².